The normalized spacial score (nSPS) is 20.8. The molecule has 1 saturated heterocycles. The van der Waals surface area contributed by atoms with Crippen molar-refractivity contribution in [3.8, 4) is 11.1 Å². The van der Waals surface area contributed by atoms with Gasteiger partial charge in [0.25, 0.3) is 0 Å². The van der Waals surface area contributed by atoms with Gasteiger partial charge >= 0.3 is 0 Å². The number of pyridine rings is 1. The first-order valence-corrected chi connectivity index (χ1v) is 9.40. The van der Waals surface area contributed by atoms with Crippen LogP contribution >= 0.6 is 0 Å². The van der Waals surface area contributed by atoms with E-state index in [0.717, 1.165) is 41.8 Å². The molecule has 2 aromatic rings. The van der Waals surface area contributed by atoms with Gasteiger partial charge in [0.2, 0.25) is 5.91 Å². The van der Waals surface area contributed by atoms with E-state index in [1.54, 1.807) is 6.20 Å². The number of likely N-dealkylation sites (tertiary alicyclic amines) is 1. The second kappa shape index (κ2) is 7.16. The summed E-state index contributed by atoms with van der Waals surface area (Å²) in [5.41, 5.74) is 3.38. The summed E-state index contributed by atoms with van der Waals surface area (Å²) in [4.78, 5) is 19.1. The molecule has 0 spiro atoms. The van der Waals surface area contributed by atoms with Gasteiger partial charge in [0, 0.05) is 23.5 Å². The molecule has 1 aromatic carbocycles. The Morgan fingerprint density at radius 2 is 2.04 bits per heavy atom. The number of anilines is 1. The highest BCUT2D eigenvalue weighted by atomic mass is 19.1. The topological polar surface area (TPSA) is 45.2 Å². The van der Waals surface area contributed by atoms with Crippen LogP contribution in [0.4, 0.5) is 10.1 Å². The number of aromatic nitrogens is 1. The highest BCUT2D eigenvalue weighted by Crippen LogP contribution is 2.32. The molecule has 1 saturated carbocycles. The van der Waals surface area contributed by atoms with Crippen LogP contribution in [0.25, 0.3) is 11.1 Å². The first kappa shape index (κ1) is 17.2. The van der Waals surface area contributed by atoms with Crippen molar-refractivity contribution in [1.29, 1.82) is 0 Å². The molecule has 0 bridgehead atoms. The summed E-state index contributed by atoms with van der Waals surface area (Å²) in [6.07, 6.45) is 8.55. The minimum atomic E-state index is -0.363. The Morgan fingerprint density at radius 1 is 1.19 bits per heavy atom. The number of aryl methyl sites for hydroxylation is 1. The predicted molar refractivity (Wildman–Crippen MR) is 100 cm³/mol. The SMILES string of the molecule is Cc1ccc(NC(=O)C2CCCN2C2CCC2)cc1-c1cncc(F)c1. The average Bonchev–Trinajstić information content (AvgIpc) is 3.04. The van der Waals surface area contributed by atoms with Crippen molar-refractivity contribution in [3.05, 3.63) is 48.0 Å². The molecular formula is C21H24FN3O. The van der Waals surface area contributed by atoms with Gasteiger partial charge in [-0.25, -0.2) is 4.39 Å². The van der Waals surface area contributed by atoms with Crippen LogP contribution < -0.4 is 5.32 Å². The summed E-state index contributed by atoms with van der Waals surface area (Å²) in [6, 6.07) is 7.80. The molecule has 1 atom stereocenters. The van der Waals surface area contributed by atoms with Gasteiger partial charge in [-0.1, -0.05) is 12.5 Å². The number of nitrogens with one attached hydrogen (secondary N) is 1. The van der Waals surface area contributed by atoms with Crippen molar-refractivity contribution in [2.75, 3.05) is 11.9 Å². The number of hydrogen-bond acceptors (Lipinski definition) is 3. The molecule has 4 rings (SSSR count). The van der Waals surface area contributed by atoms with Gasteiger partial charge in [-0.2, -0.15) is 0 Å². The maximum Gasteiger partial charge on any atom is 0.241 e. The monoisotopic (exact) mass is 353 g/mol. The first-order chi connectivity index (χ1) is 12.6. The zero-order valence-electron chi connectivity index (χ0n) is 15.0. The van der Waals surface area contributed by atoms with Crippen molar-refractivity contribution in [3.63, 3.8) is 0 Å². The molecule has 1 N–H and O–H groups in total. The fourth-order valence-electron chi connectivity index (χ4n) is 4.02. The van der Waals surface area contributed by atoms with Crippen LogP contribution in [0.15, 0.2) is 36.7 Å². The summed E-state index contributed by atoms with van der Waals surface area (Å²) in [7, 11) is 0. The van der Waals surface area contributed by atoms with E-state index in [1.807, 2.05) is 25.1 Å². The molecule has 2 aliphatic rings. The van der Waals surface area contributed by atoms with E-state index in [9.17, 15) is 9.18 Å². The molecule has 1 unspecified atom stereocenters. The van der Waals surface area contributed by atoms with Gasteiger partial charge in [0.1, 0.15) is 5.82 Å². The minimum absolute atomic E-state index is 0.0270. The molecule has 5 heteroatoms. The summed E-state index contributed by atoms with van der Waals surface area (Å²) < 4.78 is 13.5. The van der Waals surface area contributed by atoms with Crippen LogP contribution in [0.1, 0.15) is 37.7 Å². The maximum absolute atomic E-state index is 13.5. The van der Waals surface area contributed by atoms with Gasteiger partial charge < -0.3 is 5.32 Å². The average molecular weight is 353 g/mol. The van der Waals surface area contributed by atoms with Gasteiger partial charge in [0.05, 0.1) is 12.2 Å². The zero-order valence-corrected chi connectivity index (χ0v) is 15.0. The number of benzene rings is 1. The Bertz CT molecular complexity index is 819. The highest BCUT2D eigenvalue weighted by molar-refractivity contribution is 5.95. The number of hydrogen-bond donors (Lipinski definition) is 1. The lowest BCUT2D eigenvalue weighted by atomic mass is 9.91. The van der Waals surface area contributed by atoms with Gasteiger partial charge in [-0.05, 0) is 68.5 Å². The van der Waals surface area contributed by atoms with Crippen LogP contribution in [-0.4, -0.2) is 34.4 Å². The number of amides is 1. The Morgan fingerprint density at radius 3 is 2.77 bits per heavy atom. The third-order valence-electron chi connectivity index (χ3n) is 5.66. The molecule has 2 fully saturated rings. The first-order valence-electron chi connectivity index (χ1n) is 9.40. The van der Waals surface area contributed by atoms with E-state index in [1.165, 1.54) is 31.5 Å². The van der Waals surface area contributed by atoms with E-state index in [4.69, 9.17) is 0 Å². The lowest BCUT2D eigenvalue weighted by Crippen LogP contribution is -2.48. The van der Waals surface area contributed by atoms with Crippen molar-refractivity contribution in [1.82, 2.24) is 9.88 Å². The Kier molecular flexibility index (Phi) is 4.72. The molecule has 136 valence electrons. The smallest absolute Gasteiger partial charge is 0.241 e. The standard InChI is InChI=1S/C21H24FN3O/c1-14-7-8-17(11-19(14)15-10-16(22)13-23-12-15)24-21(26)20-6-3-9-25(20)18-4-2-5-18/h7-8,10-13,18,20H,2-6,9H2,1H3,(H,24,26). The second-order valence-electron chi connectivity index (χ2n) is 7.39. The van der Waals surface area contributed by atoms with Crippen LogP contribution in [0.3, 0.4) is 0 Å². The number of rotatable bonds is 4. The van der Waals surface area contributed by atoms with Gasteiger partial charge in [-0.15, -0.1) is 0 Å². The second-order valence-corrected chi connectivity index (χ2v) is 7.39. The highest BCUT2D eigenvalue weighted by Gasteiger charge is 2.37. The quantitative estimate of drug-likeness (QED) is 0.898. The van der Waals surface area contributed by atoms with E-state index in [2.05, 4.69) is 15.2 Å². The number of carbonyl (C=O) groups excluding carboxylic acids is 1. The van der Waals surface area contributed by atoms with E-state index >= 15 is 0 Å². The molecular weight excluding hydrogens is 329 g/mol. The molecule has 1 aliphatic heterocycles. The summed E-state index contributed by atoms with van der Waals surface area (Å²) in [5.74, 6) is -0.292. The molecule has 4 nitrogen and oxygen atoms in total. The zero-order chi connectivity index (χ0) is 18.1. The number of carbonyl (C=O) groups is 1. The predicted octanol–water partition coefficient (Wildman–Crippen LogP) is 4.15. The molecule has 0 radical (unpaired) electrons. The van der Waals surface area contributed by atoms with Crippen molar-refractivity contribution < 1.29 is 9.18 Å². The van der Waals surface area contributed by atoms with Crippen LogP contribution in [-0.2, 0) is 4.79 Å². The van der Waals surface area contributed by atoms with Crippen molar-refractivity contribution in [2.45, 2.75) is 51.1 Å². The van der Waals surface area contributed by atoms with E-state index in [0.29, 0.717) is 6.04 Å². The van der Waals surface area contributed by atoms with Crippen LogP contribution in [0, 0.1) is 12.7 Å². The van der Waals surface area contributed by atoms with E-state index < -0.39 is 0 Å². The third-order valence-corrected chi connectivity index (χ3v) is 5.66. The Balaban J connectivity index is 1.53. The van der Waals surface area contributed by atoms with E-state index in [-0.39, 0.29) is 17.8 Å². The summed E-state index contributed by atoms with van der Waals surface area (Å²) >= 11 is 0. The lowest BCUT2D eigenvalue weighted by Gasteiger charge is -2.38. The summed E-state index contributed by atoms with van der Waals surface area (Å²) in [6.45, 7) is 3.00. The minimum Gasteiger partial charge on any atom is -0.325 e. The van der Waals surface area contributed by atoms with Crippen molar-refractivity contribution >= 4 is 11.6 Å². The Labute approximate surface area is 153 Å². The largest absolute Gasteiger partial charge is 0.325 e. The fourth-order valence-corrected chi connectivity index (χ4v) is 4.02. The molecule has 1 amide bonds. The number of nitrogens with zero attached hydrogens (tertiary/aromatic N) is 2. The Hall–Kier alpha value is -2.27. The molecule has 1 aromatic heterocycles. The molecule has 1 aliphatic carbocycles. The van der Waals surface area contributed by atoms with Gasteiger partial charge in [-0.3, -0.25) is 14.7 Å². The summed E-state index contributed by atoms with van der Waals surface area (Å²) in [5, 5.41) is 3.07. The fraction of sp³-hybridized carbons (Fsp3) is 0.429. The van der Waals surface area contributed by atoms with Crippen LogP contribution in [0.2, 0.25) is 0 Å². The lowest BCUT2D eigenvalue weighted by molar-refractivity contribution is -0.121. The van der Waals surface area contributed by atoms with Gasteiger partial charge in [0.15, 0.2) is 0 Å². The van der Waals surface area contributed by atoms with Crippen molar-refractivity contribution in [2.24, 2.45) is 0 Å². The van der Waals surface area contributed by atoms with Crippen LogP contribution in [0.5, 0.6) is 0 Å². The molecule has 26 heavy (non-hydrogen) atoms. The maximum atomic E-state index is 13.5. The number of halogens is 1. The molecule has 2 heterocycles. The third kappa shape index (κ3) is 3.36.